The van der Waals surface area contributed by atoms with E-state index in [0.29, 0.717) is 28.7 Å². The van der Waals surface area contributed by atoms with Crippen LogP contribution in [-0.2, 0) is 6.42 Å². The van der Waals surface area contributed by atoms with Crippen molar-refractivity contribution in [2.75, 3.05) is 0 Å². The second-order valence-electron chi connectivity index (χ2n) is 8.04. The molecule has 4 rings (SSSR count). The topological polar surface area (TPSA) is 76.7 Å². The minimum absolute atomic E-state index is 0.163. The molecule has 0 unspecified atom stereocenters. The van der Waals surface area contributed by atoms with E-state index in [9.17, 15) is 14.7 Å². The highest BCUT2D eigenvalue weighted by Crippen LogP contribution is 2.47. The van der Waals surface area contributed by atoms with Gasteiger partial charge in [0, 0.05) is 17.2 Å². The molecule has 0 fully saturated rings. The molecule has 3 aromatic rings. The Labute approximate surface area is 174 Å². The molecule has 0 saturated carbocycles. The van der Waals surface area contributed by atoms with E-state index in [1.54, 1.807) is 6.92 Å². The van der Waals surface area contributed by atoms with Crippen molar-refractivity contribution in [3.63, 3.8) is 0 Å². The molecular formula is C25H24O5. The summed E-state index contributed by atoms with van der Waals surface area (Å²) in [5, 5.41) is 11.6. The molecule has 1 aliphatic rings. The molecule has 2 heterocycles. The second-order valence-corrected chi connectivity index (χ2v) is 8.04. The van der Waals surface area contributed by atoms with Crippen molar-refractivity contribution in [2.45, 2.75) is 40.2 Å². The average Bonchev–Trinajstić information content (AvgIpc) is 2.71. The van der Waals surface area contributed by atoms with Gasteiger partial charge >= 0.3 is 5.63 Å². The molecular weight excluding hydrogens is 380 g/mol. The number of ketones is 1. The van der Waals surface area contributed by atoms with Gasteiger partial charge in [0.25, 0.3) is 0 Å². The maximum absolute atomic E-state index is 13.1. The van der Waals surface area contributed by atoms with E-state index in [4.69, 9.17) is 9.15 Å². The van der Waals surface area contributed by atoms with Crippen LogP contribution in [0.15, 0.2) is 57.3 Å². The summed E-state index contributed by atoms with van der Waals surface area (Å²) in [6, 6.07) is 10.6. The first kappa shape index (κ1) is 20.0. The van der Waals surface area contributed by atoms with Gasteiger partial charge < -0.3 is 14.3 Å². The number of hydrogen-bond donors (Lipinski definition) is 1. The van der Waals surface area contributed by atoms with Gasteiger partial charge in [-0.05, 0) is 32.8 Å². The Kier molecular flexibility index (Phi) is 4.98. The Balaban J connectivity index is 2.17. The molecule has 0 radical (unpaired) electrons. The van der Waals surface area contributed by atoms with Crippen molar-refractivity contribution in [3.8, 4) is 22.6 Å². The molecule has 0 bridgehead atoms. The number of benzene rings is 2. The van der Waals surface area contributed by atoms with Crippen molar-refractivity contribution in [3.05, 3.63) is 69.6 Å². The molecule has 30 heavy (non-hydrogen) atoms. The normalized spacial score (nSPS) is 18.1. The zero-order valence-corrected chi connectivity index (χ0v) is 17.5. The number of phenols is 1. The third-order valence-corrected chi connectivity index (χ3v) is 5.68. The van der Waals surface area contributed by atoms with Crippen molar-refractivity contribution < 1.29 is 19.1 Å². The highest BCUT2D eigenvalue weighted by molar-refractivity contribution is 6.12. The summed E-state index contributed by atoms with van der Waals surface area (Å²) in [7, 11) is 0. The molecule has 2 atom stereocenters. The van der Waals surface area contributed by atoms with Crippen LogP contribution >= 0.6 is 0 Å². The maximum atomic E-state index is 13.1. The van der Waals surface area contributed by atoms with Crippen LogP contribution in [-0.4, -0.2) is 17.0 Å². The summed E-state index contributed by atoms with van der Waals surface area (Å²) >= 11 is 0. The number of aromatic hydroxyl groups is 1. The summed E-state index contributed by atoms with van der Waals surface area (Å²) < 4.78 is 11.7. The minimum atomic E-state index is -0.525. The Morgan fingerprint density at radius 1 is 1.13 bits per heavy atom. The highest BCUT2D eigenvalue weighted by Gasteiger charge is 2.37. The molecule has 1 aliphatic heterocycles. The van der Waals surface area contributed by atoms with Gasteiger partial charge in [-0.1, -0.05) is 48.9 Å². The van der Waals surface area contributed by atoms with Crippen LogP contribution in [0.5, 0.6) is 11.5 Å². The number of carbonyl (C=O) groups is 1. The van der Waals surface area contributed by atoms with Crippen LogP contribution in [0.4, 0.5) is 0 Å². The molecule has 5 heteroatoms. The van der Waals surface area contributed by atoms with Crippen molar-refractivity contribution in [1.29, 1.82) is 0 Å². The Bertz CT molecular complexity index is 1230. The first-order valence-corrected chi connectivity index (χ1v) is 10.0. The van der Waals surface area contributed by atoms with Gasteiger partial charge in [-0.3, -0.25) is 4.79 Å². The van der Waals surface area contributed by atoms with Gasteiger partial charge in [0.2, 0.25) is 0 Å². The van der Waals surface area contributed by atoms with Gasteiger partial charge in [-0.15, -0.1) is 0 Å². The van der Waals surface area contributed by atoms with Crippen LogP contribution in [0.2, 0.25) is 0 Å². The van der Waals surface area contributed by atoms with Crippen LogP contribution < -0.4 is 10.4 Å². The third kappa shape index (κ3) is 3.20. The molecule has 0 spiro atoms. The minimum Gasteiger partial charge on any atom is -0.506 e. The fourth-order valence-electron chi connectivity index (χ4n) is 3.85. The van der Waals surface area contributed by atoms with E-state index >= 15 is 0 Å². The first-order chi connectivity index (χ1) is 14.3. The summed E-state index contributed by atoms with van der Waals surface area (Å²) in [5.41, 5.74) is 2.85. The molecule has 5 nitrogen and oxygen atoms in total. The lowest BCUT2D eigenvalue weighted by atomic mass is 9.86. The monoisotopic (exact) mass is 404 g/mol. The van der Waals surface area contributed by atoms with Crippen LogP contribution in [0.1, 0.15) is 43.6 Å². The van der Waals surface area contributed by atoms with Crippen molar-refractivity contribution in [2.24, 2.45) is 5.92 Å². The van der Waals surface area contributed by atoms with E-state index in [-0.39, 0.29) is 28.8 Å². The largest absolute Gasteiger partial charge is 0.506 e. The maximum Gasteiger partial charge on any atom is 0.336 e. The zero-order chi connectivity index (χ0) is 21.6. The van der Waals surface area contributed by atoms with E-state index in [2.05, 4.69) is 0 Å². The summed E-state index contributed by atoms with van der Waals surface area (Å²) in [4.78, 5) is 25.6. The van der Waals surface area contributed by atoms with Gasteiger partial charge in [-0.2, -0.15) is 0 Å². The first-order valence-electron chi connectivity index (χ1n) is 10.0. The Morgan fingerprint density at radius 2 is 1.83 bits per heavy atom. The number of fused-ring (bicyclic) bond motifs is 2. The number of Topliss-reactive ketones (excluding diaryl/α,β-unsaturated/α-hetero) is 1. The molecule has 0 saturated heterocycles. The predicted octanol–water partition coefficient (Wildman–Crippen LogP) is 5.27. The molecule has 1 N–H and O–H groups in total. The smallest absolute Gasteiger partial charge is 0.336 e. The number of ether oxygens (including phenoxy) is 1. The lowest BCUT2D eigenvalue weighted by Crippen LogP contribution is -2.34. The number of rotatable bonds is 3. The van der Waals surface area contributed by atoms with E-state index in [1.807, 2.05) is 57.2 Å². The summed E-state index contributed by atoms with van der Waals surface area (Å²) in [6.07, 6.45) is 2.05. The second kappa shape index (κ2) is 7.48. The summed E-state index contributed by atoms with van der Waals surface area (Å²) in [6.45, 7) is 7.56. The molecule has 1 aromatic heterocycles. The summed E-state index contributed by atoms with van der Waals surface area (Å²) in [5.74, 6) is -0.464. The van der Waals surface area contributed by atoms with Gasteiger partial charge in [0.05, 0.1) is 11.3 Å². The fourth-order valence-corrected chi connectivity index (χ4v) is 3.85. The lowest BCUT2D eigenvalue weighted by molar-refractivity contribution is 0.0723. The average molecular weight is 404 g/mol. The fraction of sp³-hybridized carbons (Fsp3) is 0.280. The number of phenolic OH excluding ortho intramolecular Hbond substituents is 1. The molecule has 0 amide bonds. The number of allylic oxidation sites excluding steroid dienone is 2. The van der Waals surface area contributed by atoms with E-state index in [0.717, 1.165) is 11.1 Å². The Hall–Kier alpha value is -3.34. The van der Waals surface area contributed by atoms with Crippen molar-refractivity contribution >= 4 is 16.8 Å². The molecule has 154 valence electrons. The SMILES string of the molecule is CC(C)=CCc1c2c(c(O)c3c(-c4ccccc4)cc(=O)oc13)C(=O)[C@@H](C)[C@H](C)O2. The standard InChI is InChI=1S/C25H24O5/c1-13(2)10-11-17-24-20(18(12-19(26)30-24)16-8-6-5-7-9-16)23(28)21-22(27)14(3)15(4)29-25(17)21/h5-10,12,14-15,28H,11H2,1-4H3/t14-,15-/m0/s1. The number of hydrogen-bond acceptors (Lipinski definition) is 5. The van der Waals surface area contributed by atoms with Crippen LogP contribution in [0.3, 0.4) is 0 Å². The molecule has 0 aliphatic carbocycles. The Morgan fingerprint density at radius 3 is 2.50 bits per heavy atom. The highest BCUT2D eigenvalue weighted by atomic mass is 16.5. The molecule has 2 aromatic carbocycles. The van der Waals surface area contributed by atoms with Crippen molar-refractivity contribution in [1.82, 2.24) is 0 Å². The van der Waals surface area contributed by atoms with Crippen LogP contribution in [0.25, 0.3) is 22.1 Å². The quantitative estimate of drug-likeness (QED) is 0.475. The van der Waals surface area contributed by atoms with Gasteiger partial charge in [0.1, 0.15) is 28.7 Å². The van der Waals surface area contributed by atoms with Crippen LogP contribution in [0, 0.1) is 5.92 Å². The third-order valence-electron chi connectivity index (χ3n) is 5.68. The van der Waals surface area contributed by atoms with Gasteiger partial charge in [-0.25, -0.2) is 4.79 Å². The van der Waals surface area contributed by atoms with Gasteiger partial charge in [0.15, 0.2) is 5.78 Å². The lowest BCUT2D eigenvalue weighted by Gasteiger charge is -2.30. The van der Waals surface area contributed by atoms with E-state index < -0.39 is 11.5 Å². The van der Waals surface area contributed by atoms with E-state index in [1.165, 1.54) is 6.07 Å². The predicted molar refractivity (Wildman–Crippen MR) is 116 cm³/mol. The number of carbonyl (C=O) groups excluding carboxylic acids is 1. The zero-order valence-electron chi connectivity index (χ0n) is 17.5.